The second kappa shape index (κ2) is 5.72. The van der Waals surface area contributed by atoms with E-state index in [-0.39, 0.29) is 11.9 Å². The van der Waals surface area contributed by atoms with Gasteiger partial charge in [0, 0.05) is 17.6 Å². The van der Waals surface area contributed by atoms with Gasteiger partial charge in [-0.05, 0) is 37.1 Å². The molecule has 0 heterocycles. The number of aliphatic hydroxyl groups is 1. The predicted molar refractivity (Wildman–Crippen MR) is 71.8 cm³/mol. The Morgan fingerprint density at radius 3 is 2.50 bits per heavy atom. The summed E-state index contributed by atoms with van der Waals surface area (Å²) >= 11 is 5.80. The number of nitrogens with zero attached hydrogens (tertiary/aromatic N) is 1. The number of carbonyl (C=O) groups excluding carboxylic acids is 1. The van der Waals surface area contributed by atoms with Crippen molar-refractivity contribution in [1.82, 2.24) is 4.90 Å². The van der Waals surface area contributed by atoms with E-state index in [1.165, 1.54) is 0 Å². The molecule has 3 nitrogen and oxygen atoms in total. The maximum absolute atomic E-state index is 12.3. The molecule has 0 bridgehead atoms. The van der Waals surface area contributed by atoms with Crippen molar-refractivity contribution < 1.29 is 9.90 Å². The van der Waals surface area contributed by atoms with E-state index in [9.17, 15) is 9.90 Å². The molecule has 1 N–H and O–H groups in total. The zero-order valence-corrected chi connectivity index (χ0v) is 11.2. The Hall–Kier alpha value is -1.06. The molecule has 0 aliphatic heterocycles. The lowest BCUT2D eigenvalue weighted by atomic mass is 9.91. The molecule has 0 radical (unpaired) electrons. The van der Waals surface area contributed by atoms with E-state index >= 15 is 0 Å². The van der Waals surface area contributed by atoms with Crippen molar-refractivity contribution in [1.29, 1.82) is 0 Å². The van der Waals surface area contributed by atoms with Crippen LogP contribution in [0.25, 0.3) is 0 Å². The molecule has 2 atom stereocenters. The number of amides is 1. The lowest BCUT2D eigenvalue weighted by Crippen LogP contribution is -2.46. The summed E-state index contributed by atoms with van der Waals surface area (Å²) in [4.78, 5) is 13.9. The fourth-order valence-electron chi connectivity index (χ4n) is 2.49. The van der Waals surface area contributed by atoms with Crippen LogP contribution in [0.3, 0.4) is 0 Å². The summed E-state index contributed by atoms with van der Waals surface area (Å²) in [6.07, 6.45) is 3.36. The molecule has 1 fully saturated rings. The first-order chi connectivity index (χ1) is 8.59. The minimum absolute atomic E-state index is 0.0578. The van der Waals surface area contributed by atoms with Crippen molar-refractivity contribution in [3.63, 3.8) is 0 Å². The molecule has 0 spiro atoms. The summed E-state index contributed by atoms with van der Waals surface area (Å²) in [5, 5.41) is 10.6. The van der Waals surface area contributed by atoms with Crippen LogP contribution in [0.15, 0.2) is 24.3 Å². The van der Waals surface area contributed by atoms with Crippen LogP contribution < -0.4 is 0 Å². The largest absolute Gasteiger partial charge is 0.391 e. The van der Waals surface area contributed by atoms with Gasteiger partial charge < -0.3 is 10.0 Å². The Balaban J connectivity index is 2.10. The lowest BCUT2D eigenvalue weighted by Gasteiger charge is -2.35. The number of carbonyl (C=O) groups is 1. The van der Waals surface area contributed by atoms with Gasteiger partial charge in [-0.15, -0.1) is 0 Å². The molecule has 0 saturated heterocycles. The molecule has 1 aromatic carbocycles. The molecule has 2 rings (SSSR count). The molecule has 0 unspecified atom stereocenters. The first-order valence-corrected chi connectivity index (χ1v) is 6.68. The van der Waals surface area contributed by atoms with E-state index < -0.39 is 6.10 Å². The molecule has 1 aromatic rings. The van der Waals surface area contributed by atoms with Crippen molar-refractivity contribution in [2.75, 3.05) is 7.05 Å². The first-order valence-electron chi connectivity index (χ1n) is 6.30. The van der Waals surface area contributed by atoms with Gasteiger partial charge in [0.05, 0.1) is 12.1 Å². The molecule has 1 amide bonds. The van der Waals surface area contributed by atoms with E-state index in [0.717, 1.165) is 25.7 Å². The summed E-state index contributed by atoms with van der Waals surface area (Å²) in [5.74, 6) is -0.0578. The second-order valence-electron chi connectivity index (χ2n) is 4.84. The zero-order chi connectivity index (χ0) is 13.1. The zero-order valence-electron chi connectivity index (χ0n) is 10.5. The Morgan fingerprint density at radius 2 is 1.89 bits per heavy atom. The fourth-order valence-corrected chi connectivity index (χ4v) is 2.62. The molecule has 0 aromatic heterocycles. The van der Waals surface area contributed by atoms with Crippen LogP contribution in [0.4, 0.5) is 0 Å². The molecule has 4 heteroatoms. The van der Waals surface area contributed by atoms with E-state index in [1.807, 2.05) is 0 Å². The highest BCUT2D eigenvalue weighted by Crippen LogP contribution is 2.23. The van der Waals surface area contributed by atoms with Gasteiger partial charge in [0.25, 0.3) is 5.91 Å². The van der Waals surface area contributed by atoms with Crippen LogP contribution in [0.2, 0.25) is 5.02 Å². The number of aliphatic hydroxyl groups excluding tert-OH is 1. The van der Waals surface area contributed by atoms with Crippen molar-refractivity contribution >= 4 is 17.5 Å². The lowest BCUT2D eigenvalue weighted by molar-refractivity contribution is 0.0268. The van der Waals surface area contributed by atoms with Crippen molar-refractivity contribution in [2.45, 2.75) is 37.8 Å². The third kappa shape index (κ3) is 2.85. The predicted octanol–water partition coefficient (Wildman–Crippen LogP) is 2.72. The number of hydrogen-bond donors (Lipinski definition) is 1. The molecule has 1 saturated carbocycles. The Morgan fingerprint density at radius 1 is 1.28 bits per heavy atom. The van der Waals surface area contributed by atoms with Gasteiger partial charge >= 0.3 is 0 Å². The van der Waals surface area contributed by atoms with Gasteiger partial charge in [0.2, 0.25) is 0 Å². The summed E-state index contributed by atoms with van der Waals surface area (Å²) < 4.78 is 0. The van der Waals surface area contributed by atoms with Gasteiger partial charge in [0.1, 0.15) is 0 Å². The highest BCUT2D eigenvalue weighted by molar-refractivity contribution is 6.30. The van der Waals surface area contributed by atoms with Gasteiger partial charge in [-0.1, -0.05) is 24.4 Å². The van der Waals surface area contributed by atoms with Crippen LogP contribution in [0.5, 0.6) is 0 Å². The van der Waals surface area contributed by atoms with E-state index in [4.69, 9.17) is 11.6 Å². The Bertz CT molecular complexity index is 418. The smallest absolute Gasteiger partial charge is 0.253 e. The van der Waals surface area contributed by atoms with E-state index in [1.54, 1.807) is 36.2 Å². The SMILES string of the molecule is CN(C(=O)c1ccc(Cl)cc1)[C@H]1CCCC[C@@H]1O. The topological polar surface area (TPSA) is 40.5 Å². The van der Waals surface area contributed by atoms with Crippen molar-refractivity contribution in [2.24, 2.45) is 0 Å². The molecule has 1 aliphatic carbocycles. The summed E-state index contributed by atoms with van der Waals surface area (Å²) in [6.45, 7) is 0. The van der Waals surface area contributed by atoms with Gasteiger partial charge in [-0.25, -0.2) is 0 Å². The summed E-state index contributed by atoms with van der Waals surface area (Å²) in [5.41, 5.74) is 0.611. The van der Waals surface area contributed by atoms with Crippen LogP contribution in [-0.2, 0) is 0 Å². The number of benzene rings is 1. The van der Waals surface area contributed by atoms with Crippen molar-refractivity contribution in [3.8, 4) is 0 Å². The second-order valence-corrected chi connectivity index (χ2v) is 5.28. The minimum atomic E-state index is -0.403. The maximum Gasteiger partial charge on any atom is 0.253 e. The van der Waals surface area contributed by atoms with Crippen LogP contribution in [0.1, 0.15) is 36.0 Å². The minimum Gasteiger partial charge on any atom is -0.391 e. The van der Waals surface area contributed by atoms with Gasteiger partial charge in [-0.2, -0.15) is 0 Å². The van der Waals surface area contributed by atoms with Crippen molar-refractivity contribution in [3.05, 3.63) is 34.9 Å². The summed E-state index contributed by atoms with van der Waals surface area (Å²) in [7, 11) is 1.76. The molecular weight excluding hydrogens is 250 g/mol. The number of hydrogen-bond acceptors (Lipinski definition) is 2. The number of rotatable bonds is 2. The molecule has 98 valence electrons. The average Bonchev–Trinajstić information content (AvgIpc) is 2.38. The van der Waals surface area contributed by atoms with Crippen LogP contribution >= 0.6 is 11.6 Å². The van der Waals surface area contributed by atoms with Gasteiger partial charge in [0.15, 0.2) is 0 Å². The highest BCUT2D eigenvalue weighted by Gasteiger charge is 2.29. The van der Waals surface area contributed by atoms with Crippen LogP contribution in [-0.4, -0.2) is 35.1 Å². The van der Waals surface area contributed by atoms with E-state index in [0.29, 0.717) is 10.6 Å². The van der Waals surface area contributed by atoms with Crippen LogP contribution in [0, 0.1) is 0 Å². The molecule has 1 aliphatic rings. The van der Waals surface area contributed by atoms with Gasteiger partial charge in [-0.3, -0.25) is 4.79 Å². The Kier molecular flexibility index (Phi) is 4.25. The standard InChI is InChI=1S/C14H18ClNO2/c1-16(12-4-2-3-5-13(12)17)14(18)10-6-8-11(15)9-7-10/h6-9,12-13,17H,2-5H2,1H3/t12-,13-/m0/s1. The average molecular weight is 268 g/mol. The Labute approximate surface area is 112 Å². The monoisotopic (exact) mass is 267 g/mol. The number of halogens is 1. The number of likely N-dealkylation sites (N-methyl/N-ethyl adjacent to an activating group) is 1. The normalized spacial score (nSPS) is 23.7. The first kappa shape index (κ1) is 13.4. The summed E-state index contributed by atoms with van der Waals surface area (Å²) in [6, 6.07) is 6.79. The quantitative estimate of drug-likeness (QED) is 0.895. The third-order valence-electron chi connectivity index (χ3n) is 3.60. The van der Waals surface area contributed by atoms with E-state index in [2.05, 4.69) is 0 Å². The third-order valence-corrected chi connectivity index (χ3v) is 3.85. The molecule has 18 heavy (non-hydrogen) atoms. The maximum atomic E-state index is 12.3. The fraction of sp³-hybridized carbons (Fsp3) is 0.500. The molecular formula is C14H18ClNO2. The highest BCUT2D eigenvalue weighted by atomic mass is 35.5.